The van der Waals surface area contributed by atoms with Crippen LogP contribution in [0.3, 0.4) is 0 Å². The van der Waals surface area contributed by atoms with Crippen molar-refractivity contribution in [2.75, 3.05) is 14.2 Å². The van der Waals surface area contributed by atoms with E-state index in [1.807, 2.05) is 0 Å². The summed E-state index contributed by atoms with van der Waals surface area (Å²) in [4.78, 5) is 41.4. The third-order valence-electron chi connectivity index (χ3n) is 3.57. The summed E-state index contributed by atoms with van der Waals surface area (Å²) in [6, 6.07) is 2.62. The van der Waals surface area contributed by atoms with E-state index in [1.54, 1.807) is 0 Å². The van der Waals surface area contributed by atoms with Gasteiger partial charge in [0.15, 0.2) is 11.2 Å². The Bertz CT molecular complexity index is 779. The number of pyridine rings is 1. The predicted molar refractivity (Wildman–Crippen MR) is 77.7 cm³/mol. The average Bonchev–Trinajstić information content (AvgIpc) is 2.59. The molecule has 0 fully saturated rings. The van der Waals surface area contributed by atoms with E-state index in [-0.39, 0.29) is 36.3 Å². The van der Waals surface area contributed by atoms with Gasteiger partial charge in [0, 0.05) is 31.0 Å². The molecule has 2 atom stereocenters. The number of ether oxygens (including phenoxy) is 2. The number of ketones is 1. The van der Waals surface area contributed by atoms with Crippen molar-refractivity contribution in [3.05, 3.63) is 23.4 Å². The Morgan fingerprint density at radius 2 is 2.32 bits per heavy atom. The number of hydrogen-bond acceptors (Lipinski definition) is 6. The second-order valence-electron chi connectivity index (χ2n) is 4.77. The zero-order valence-corrected chi connectivity index (χ0v) is 12.2. The number of nitrogens with zero attached hydrogens (tertiary/aromatic N) is 1. The van der Waals surface area contributed by atoms with Crippen molar-refractivity contribution >= 4 is 18.0 Å². The molecule has 118 valence electrons. The monoisotopic (exact) mass is 310 g/mol. The van der Waals surface area contributed by atoms with Crippen LogP contribution in [0.25, 0.3) is 0 Å². The lowest BCUT2D eigenvalue weighted by molar-refractivity contribution is -0.153. The van der Waals surface area contributed by atoms with Gasteiger partial charge in [-0.25, -0.2) is 4.98 Å². The first-order valence-corrected chi connectivity index (χ1v) is 6.59. The molecule has 22 heavy (non-hydrogen) atoms. The topological polar surface area (TPSA) is 82.6 Å². The quantitative estimate of drug-likeness (QED) is 0.462. The molecule has 0 radical (unpaired) electrons. The highest BCUT2D eigenvalue weighted by Crippen LogP contribution is 2.40. The number of carbonyl (C=O) groups is 3. The molecule has 0 aliphatic heterocycles. The van der Waals surface area contributed by atoms with Crippen LogP contribution in [0, 0.1) is 5.92 Å². The van der Waals surface area contributed by atoms with Crippen molar-refractivity contribution in [3.8, 4) is 5.88 Å². The van der Waals surface area contributed by atoms with Crippen molar-refractivity contribution in [3.63, 3.8) is 0 Å². The average molecular weight is 310 g/mol. The standard InChI is InChI=1S/C16H19NO5/c1-10(9-18)8-16(15(20)22-3)11-4-7-14(21-2)17-12(11)5-6-13(16)19/h4,7,9-10H,5-6,8H2,1-3H3/i1D3,8D2. The van der Waals surface area contributed by atoms with E-state index < -0.39 is 36.3 Å². The van der Waals surface area contributed by atoms with Crippen molar-refractivity contribution in [2.24, 2.45) is 5.92 Å². The molecule has 0 spiro atoms. The molecular formula is C16H19NO5. The van der Waals surface area contributed by atoms with Gasteiger partial charge in [0.2, 0.25) is 5.88 Å². The van der Waals surface area contributed by atoms with E-state index in [0.29, 0.717) is 0 Å². The first kappa shape index (κ1) is 10.5. The van der Waals surface area contributed by atoms with Gasteiger partial charge in [0.1, 0.15) is 6.29 Å². The van der Waals surface area contributed by atoms with Gasteiger partial charge in [-0.1, -0.05) is 12.9 Å². The molecule has 1 aliphatic carbocycles. The number of fused-ring (bicyclic) bond motifs is 1. The molecule has 0 saturated carbocycles. The van der Waals surface area contributed by atoms with E-state index in [1.165, 1.54) is 19.2 Å². The highest BCUT2D eigenvalue weighted by Gasteiger charge is 2.52. The van der Waals surface area contributed by atoms with E-state index in [4.69, 9.17) is 16.3 Å². The summed E-state index contributed by atoms with van der Waals surface area (Å²) < 4.78 is 49.2. The van der Waals surface area contributed by atoms with Crippen LogP contribution in [0.1, 0.15) is 37.8 Å². The molecule has 0 bridgehead atoms. The SMILES string of the molecule is [2H]C([2H])([2H])C(C=O)C([2H])([2H])C1(C(=O)OC)C(=O)CCc2nc(OC)ccc21. The van der Waals surface area contributed by atoms with Crippen molar-refractivity contribution < 1.29 is 30.7 Å². The van der Waals surface area contributed by atoms with Crippen molar-refractivity contribution in [2.45, 2.75) is 31.5 Å². The molecule has 1 aromatic heterocycles. The number of aryl methyl sites for hydroxylation is 1. The van der Waals surface area contributed by atoms with E-state index in [2.05, 4.69) is 4.98 Å². The number of aldehydes is 1. The third-order valence-corrected chi connectivity index (χ3v) is 3.57. The second kappa shape index (κ2) is 6.25. The predicted octanol–water partition coefficient (Wildman–Crippen LogP) is 1.24. The molecule has 0 saturated heterocycles. The van der Waals surface area contributed by atoms with Crippen molar-refractivity contribution in [1.29, 1.82) is 0 Å². The molecule has 6 nitrogen and oxygen atoms in total. The molecule has 6 heteroatoms. The largest absolute Gasteiger partial charge is 0.481 e. The Labute approximate surface area is 135 Å². The maximum absolute atomic E-state index is 12.9. The molecule has 2 unspecified atom stereocenters. The molecule has 2 rings (SSSR count). The van der Waals surface area contributed by atoms with Gasteiger partial charge in [0.25, 0.3) is 0 Å². The summed E-state index contributed by atoms with van der Waals surface area (Å²) in [6.07, 6.45) is -3.33. The molecule has 0 amide bonds. The lowest BCUT2D eigenvalue weighted by Crippen LogP contribution is -2.49. The Balaban J connectivity index is 2.88. The molecular weight excluding hydrogens is 286 g/mol. The summed E-state index contributed by atoms with van der Waals surface area (Å²) in [7, 11) is 2.33. The zero-order chi connectivity index (χ0) is 20.6. The zero-order valence-electron chi connectivity index (χ0n) is 17.2. The molecule has 1 heterocycles. The van der Waals surface area contributed by atoms with Gasteiger partial charge >= 0.3 is 5.97 Å². The van der Waals surface area contributed by atoms with Crippen LogP contribution >= 0.6 is 0 Å². The van der Waals surface area contributed by atoms with Crippen LogP contribution in [0.2, 0.25) is 0 Å². The summed E-state index contributed by atoms with van der Waals surface area (Å²) >= 11 is 0. The number of aromatic nitrogens is 1. The van der Waals surface area contributed by atoms with Crippen LogP contribution in [0.4, 0.5) is 0 Å². The van der Waals surface area contributed by atoms with Gasteiger partial charge in [-0.2, -0.15) is 0 Å². The minimum absolute atomic E-state index is 0.0871. The summed E-state index contributed by atoms with van der Waals surface area (Å²) in [6.45, 7) is -3.08. The fraction of sp³-hybridized carbons (Fsp3) is 0.500. The molecule has 0 N–H and O–H groups in total. The summed E-state index contributed by atoms with van der Waals surface area (Å²) in [5.41, 5.74) is -2.54. The minimum Gasteiger partial charge on any atom is -0.481 e. The van der Waals surface area contributed by atoms with Crippen LogP contribution in [-0.4, -0.2) is 37.2 Å². The highest BCUT2D eigenvalue weighted by molar-refractivity contribution is 6.11. The smallest absolute Gasteiger partial charge is 0.323 e. The summed E-state index contributed by atoms with van der Waals surface area (Å²) in [5, 5.41) is 0. The van der Waals surface area contributed by atoms with Crippen LogP contribution < -0.4 is 4.74 Å². The fourth-order valence-electron chi connectivity index (χ4n) is 2.56. The van der Waals surface area contributed by atoms with Crippen LogP contribution in [0.5, 0.6) is 5.88 Å². The molecule has 1 aromatic rings. The van der Waals surface area contributed by atoms with Crippen LogP contribution in [0.15, 0.2) is 12.1 Å². The van der Waals surface area contributed by atoms with E-state index in [9.17, 15) is 14.4 Å². The Morgan fingerprint density at radius 1 is 1.55 bits per heavy atom. The Kier molecular flexibility index (Phi) is 2.98. The van der Waals surface area contributed by atoms with Gasteiger partial charge in [-0.05, 0) is 18.4 Å². The summed E-state index contributed by atoms with van der Waals surface area (Å²) in [5.74, 6) is -4.19. The third kappa shape index (κ3) is 2.49. The number of esters is 1. The first-order valence-electron chi connectivity index (χ1n) is 9.09. The lowest BCUT2D eigenvalue weighted by Gasteiger charge is -2.35. The number of carbonyl (C=O) groups excluding carboxylic acids is 3. The molecule has 0 aromatic carbocycles. The second-order valence-corrected chi connectivity index (χ2v) is 4.77. The van der Waals surface area contributed by atoms with E-state index >= 15 is 0 Å². The normalized spacial score (nSPS) is 26.3. The maximum atomic E-state index is 12.9. The maximum Gasteiger partial charge on any atom is 0.323 e. The van der Waals surface area contributed by atoms with Crippen molar-refractivity contribution in [1.82, 2.24) is 4.98 Å². The van der Waals surface area contributed by atoms with Gasteiger partial charge in [-0.15, -0.1) is 0 Å². The Morgan fingerprint density at radius 3 is 2.91 bits per heavy atom. The molecule has 1 aliphatic rings. The number of hydrogen-bond donors (Lipinski definition) is 0. The minimum atomic E-state index is -3.09. The lowest BCUT2D eigenvalue weighted by atomic mass is 9.66. The van der Waals surface area contributed by atoms with Crippen LogP contribution in [-0.2, 0) is 31.0 Å². The highest BCUT2D eigenvalue weighted by atomic mass is 16.5. The number of Topliss-reactive ketones (excluding diaryl/α,β-unsaturated/α-hetero) is 1. The fourth-order valence-corrected chi connectivity index (χ4v) is 2.56. The first-order chi connectivity index (χ1) is 12.5. The van der Waals surface area contributed by atoms with Gasteiger partial charge in [0.05, 0.1) is 14.2 Å². The van der Waals surface area contributed by atoms with E-state index in [0.717, 1.165) is 7.11 Å². The van der Waals surface area contributed by atoms with Gasteiger partial charge < -0.3 is 14.3 Å². The number of rotatable bonds is 5. The van der Waals surface area contributed by atoms with Gasteiger partial charge in [-0.3, -0.25) is 9.59 Å². The number of methoxy groups -OCH3 is 2. The Hall–Kier alpha value is -2.24.